The quantitative estimate of drug-likeness (QED) is 0.561. The summed E-state index contributed by atoms with van der Waals surface area (Å²) in [5.41, 5.74) is 4.39. The second-order valence-electron chi connectivity index (χ2n) is 7.51. The first-order chi connectivity index (χ1) is 14.7. The number of hydrogen-bond donors (Lipinski definition) is 0. The topological polar surface area (TPSA) is 50.2 Å². The first-order valence-corrected chi connectivity index (χ1v) is 10.9. The summed E-state index contributed by atoms with van der Waals surface area (Å²) in [4.78, 5) is 14.0. The van der Waals surface area contributed by atoms with Gasteiger partial charge in [-0.15, -0.1) is 0 Å². The molecule has 0 unspecified atom stereocenters. The van der Waals surface area contributed by atoms with E-state index in [0.717, 1.165) is 62.9 Å². The van der Waals surface area contributed by atoms with E-state index in [1.807, 2.05) is 12.3 Å². The van der Waals surface area contributed by atoms with Gasteiger partial charge in [0.05, 0.1) is 25.5 Å². The number of aryl methyl sites for hydroxylation is 1. The normalized spacial score (nSPS) is 14.6. The van der Waals surface area contributed by atoms with Crippen LogP contribution in [0.4, 0.5) is 5.69 Å². The van der Waals surface area contributed by atoms with Crippen molar-refractivity contribution in [2.24, 2.45) is 4.99 Å². The lowest BCUT2D eigenvalue weighted by Gasteiger charge is -2.29. The number of pyridine rings is 1. The van der Waals surface area contributed by atoms with Crippen molar-refractivity contribution in [3.05, 3.63) is 53.2 Å². The van der Waals surface area contributed by atoms with E-state index in [1.165, 1.54) is 5.56 Å². The van der Waals surface area contributed by atoms with Gasteiger partial charge in [0.1, 0.15) is 6.61 Å². The molecule has 2 aromatic rings. The summed E-state index contributed by atoms with van der Waals surface area (Å²) in [5, 5.41) is 0. The Morgan fingerprint density at radius 1 is 1.17 bits per heavy atom. The summed E-state index contributed by atoms with van der Waals surface area (Å²) >= 11 is 0. The van der Waals surface area contributed by atoms with E-state index < -0.39 is 0 Å². The number of rotatable bonds is 10. The van der Waals surface area contributed by atoms with Gasteiger partial charge in [-0.3, -0.25) is 4.99 Å². The predicted molar refractivity (Wildman–Crippen MR) is 123 cm³/mol. The maximum Gasteiger partial charge on any atom is 0.215 e. The van der Waals surface area contributed by atoms with Gasteiger partial charge in [-0.05, 0) is 31.6 Å². The Morgan fingerprint density at radius 3 is 2.70 bits per heavy atom. The van der Waals surface area contributed by atoms with E-state index in [9.17, 15) is 0 Å². The lowest BCUT2D eigenvalue weighted by atomic mass is 10.1. The molecule has 0 N–H and O–H groups in total. The summed E-state index contributed by atoms with van der Waals surface area (Å²) < 4.78 is 11.5. The number of likely N-dealkylation sites (N-methyl/N-ethyl adjacent to an activating group) is 1. The van der Waals surface area contributed by atoms with Crippen molar-refractivity contribution in [2.75, 3.05) is 57.4 Å². The van der Waals surface area contributed by atoms with Crippen LogP contribution < -0.4 is 9.64 Å². The number of benzene rings is 1. The molecule has 0 radical (unpaired) electrons. The molecule has 0 saturated carbocycles. The van der Waals surface area contributed by atoms with Crippen molar-refractivity contribution in [1.29, 1.82) is 0 Å². The van der Waals surface area contributed by atoms with Gasteiger partial charge in [0.25, 0.3) is 0 Å². The maximum absolute atomic E-state index is 6.03. The number of aliphatic imine (C=N–C) groups is 1. The molecule has 1 aromatic heterocycles. The van der Waals surface area contributed by atoms with E-state index >= 15 is 0 Å². The fourth-order valence-corrected chi connectivity index (χ4v) is 3.52. The van der Waals surface area contributed by atoms with E-state index in [0.29, 0.717) is 19.0 Å². The molecule has 1 saturated heterocycles. The average Bonchev–Trinajstić information content (AvgIpc) is 2.77. The van der Waals surface area contributed by atoms with Crippen LogP contribution in [-0.2, 0) is 11.3 Å². The Morgan fingerprint density at radius 2 is 1.97 bits per heavy atom. The van der Waals surface area contributed by atoms with Crippen LogP contribution in [0.2, 0.25) is 0 Å². The first kappa shape index (κ1) is 22.2. The molecular formula is C24H34N4O2. The Bertz CT molecular complexity index is 815. The van der Waals surface area contributed by atoms with Crippen LogP contribution >= 0.6 is 0 Å². The smallest absolute Gasteiger partial charge is 0.215 e. The maximum atomic E-state index is 6.03. The summed E-state index contributed by atoms with van der Waals surface area (Å²) in [6, 6.07) is 12.5. The van der Waals surface area contributed by atoms with E-state index in [1.54, 1.807) is 0 Å². The second-order valence-corrected chi connectivity index (χ2v) is 7.51. The number of ether oxygens (including phenoxy) is 2. The van der Waals surface area contributed by atoms with Gasteiger partial charge in [-0.1, -0.05) is 43.7 Å². The molecule has 0 aliphatic carbocycles. The number of morpholine rings is 1. The Hall–Kier alpha value is -2.44. The lowest BCUT2D eigenvalue weighted by molar-refractivity contribution is 0.122. The van der Waals surface area contributed by atoms with Crippen molar-refractivity contribution < 1.29 is 9.47 Å². The molecule has 162 valence electrons. The van der Waals surface area contributed by atoms with Gasteiger partial charge in [-0.25, -0.2) is 4.98 Å². The zero-order valence-electron chi connectivity index (χ0n) is 18.5. The van der Waals surface area contributed by atoms with Crippen LogP contribution in [-0.4, -0.2) is 68.6 Å². The zero-order valence-corrected chi connectivity index (χ0v) is 18.5. The minimum atomic E-state index is 0.526. The Balaban J connectivity index is 1.71. The minimum absolute atomic E-state index is 0.526. The summed E-state index contributed by atoms with van der Waals surface area (Å²) in [6.07, 6.45) is 1.91. The highest BCUT2D eigenvalue weighted by Crippen LogP contribution is 2.23. The number of aromatic nitrogens is 1. The average molecular weight is 411 g/mol. The van der Waals surface area contributed by atoms with Crippen molar-refractivity contribution in [1.82, 2.24) is 9.88 Å². The molecule has 3 rings (SSSR count). The van der Waals surface area contributed by atoms with Gasteiger partial charge in [0.15, 0.2) is 0 Å². The number of hydrogen-bond acceptors (Lipinski definition) is 6. The summed E-state index contributed by atoms with van der Waals surface area (Å²) in [5.74, 6) is 0.673. The SMILES string of the molecule is CCN(CC)CCOc1cc(N2CCOCC2)cc(CN=Cc2cccc(C)c2)n1. The summed E-state index contributed by atoms with van der Waals surface area (Å²) in [6.45, 7) is 13.8. The van der Waals surface area contributed by atoms with Crippen LogP contribution in [0.5, 0.6) is 5.88 Å². The molecule has 6 heteroatoms. The van der Waals surface area contributed by atoms with Crippen LogP contribution in [0.25, 0.3) is 0 Å². The van der Waals surface area contributed by atoms with Crippen molar-refractivity contribution >= 4 is 11.9 Å². The standard InChI is InChI=1S/C24H34N4O2/c1-4-27(5-2)9-14-30-24-17-23(28-10-12-29-13-11-28)16-22(26-24)19-25-18-21-8-6-7-20(3)15-21/h6-8,15-18H,4-5,9-14,19H2,1-3H3. The number of nitrogens with zero attached hydrogens (tertiary/aromatic N) is 4. The molecule has 6 nitrogen and oxygen atoms in total. The molecule has 0 spiro atoms. The van der Waals surface area contributed by atoms with Gasteiger partial charge in [0, 0.05) is 37.6 Å². The molecule has 2 heterocycles. The third-order valence-electron chi connectivity index (χ3n) is 5.30. The molecule has 0 amide bonds. The fraction of sp³-hybridized carbons (Fsp3) is 0.500. The van der Waals surface area contributed by atoms with Crippen LogP contribution in [0.1, 0.15) is 30.7 Å². The van der Waals surface area contributed by atoms with Crippen LogP contribution in [0.15, 0.2) is 41.4 Å². The highest BCUT2D eigenvalue weighted by molar-refractivity contribution is 5.79. The Kier molecular flexibility index (Phi) is 8.66. The number of anilines is 1. The molecule has 1 aliphatic rings. The molecule has 1 aromatic carbocycles. The van der Waals surface area contributed by atoms with E-state index in [4.69, 9.17) is 14.5 Å². The predicted octanol–water partition coefficient (Wildman–Crippen LogP) is 3.57. The molecular weight excluding hydrogens is 376 g/mol. The highest BCUT2D eigenvalue weighted by atomic mass is 16.5. The van der Waals surface area contributed by atoms with Crippen molar-refractivity contribution in [2.45, 2.75) is 27.3 Å². The molecule has 0 atom stereocenters. The van der Waals surface area contributed by atoms with Gasteiger partial charge < -0.3 is 19.3 Å². The molecule has 1 fully saturated rings. The van der Waals surface area contributed by atoms with E-state index in [2.05, 4.69) is 65.9 Å². The largest absolute Gasteiger partial charge is 0.476 e. The van der Waals surface area contributed by atoms with Crippen molar-refractivity contribution in [3.63, 3.8) is 0 Å². The second kappa shape index (κ2) is 11.7. The van der Waals surface area contributed by atoms with Crippen molar-refractivity contribution in [3.8, 4) is 5.88 Å². The van der Waals surface area contributed by atoms with Gasteiger partial charge >= 0.3 is 0 Å². The highest BCUT2D eigenvalue weighted by Gasteiger charge is 2.14. The molecule has 1 aliphatic heterocycles. The summed E-state index contributed by atoms with van der Waals surface area (Å²) in [7, 11) is 0. The van der Waals surface area contributed by atoms with Gasteiger partial charge in [-0.2, -0.15) is 0 Å². The van der Waals surface area contributed by atoms with Crippen LogP contribution in [0, 0.1) is 6.92 Å². The minimum Gasteiger partial charge on any atom is -0.476 e. The zero-order chi connectivity index (χ0) is 21.2. The fourth-order valence-electron chi connectivity index (χ4n) is 3.52. The lowest BCUT2D eigenvalue weighted by Crippen LogP contribution is -2.36. The van der Waals surface area contributed by atoms with Gasteiger partial charge in [0.2, 0.25) is 5.88 Å². The molecule has 30 heavy (non-hydrogen) atoms. The first-order valence-electron chi connectivity index (χ1n) is 10.9. The third-order valence-corrected chi connectivity index (χ3v) is 5.30. The van der Waals surface area contributed by atoms with Crippen LogP contribution in [0.3, 0.4) is 0 Å². The monoisotopic (exact) mass is 410 g/mol. The van der Waals surface area contributed by atoms with E-state index in [-0.39, 0.29) is 0 Å². The Labute approximate surface area is 180 Å². The third kappa shape index (κ3) is 6.82. The molecule has 0 bridgehead atoms.